The van der Waals surface area contributed by atoms with Gasteiger partial charge in [0.1, 0.15) is 0 Å². The van der Waals surface area contributed by atoms with Gasteiger partial charge in [-0.1, -0.05) is 113 Å². The van der Waals surface area contributed by atoms with E-state index in [2.05, 4.69) is 38.8 Å². The number of amides is 2. The van der Waals surface area contributed by atoms with Gasteiger partial charge in [0.25, 0.3) is 0 Å². The van der Waals surface area contributed by atoms with Crippen molar-refractivity contribution >= 4 is 55.3 Å². The number of benzene rings is 3. The summed E-state index contributed by atoms with van der Waals surface area (Å²) >= 11 is 8.04. The van der Waals surface area contributed by atoms with Crippen LogP contribution < -0.4 is 4.90 Å². The molecular weight excluding hydrogens is 610 g/mol. The number of unbranched alkanes of at least 4 members (excludes halogenated alkanes) is 3. The molecule has 1 saturated heterocycles. The molecule has 2 unspecified atom stereocenters. The lowest BCUT2D eigenvalue weighted by atomic mass is 9.54. The molecule has 38 heavy (non-hydrogen) atoms. The average Bonchev–Trinajstić information content (AvgIpc) is 3.22. The summed E-state index contributed by atoms with van der Waals surface area (Å²) in [7, 11) is 0. The van der Waals surface area contributed by atoms with Crippen LogP contribution in [-0.4, -0.2) is 24.4 Å². The van der Waals surface area contributed by atoms with Crippen molar-refractivity contribution in [2.75, 3.05) is 11.5 Å². The summed E-state index contributed by atoms with van der Waals surface area (Å²) in [4.78, 5) is 42.4. The Morgan fingerprint density at radius 2 is 1.32 bits per heavy atom. The molecule has 5 nitrogen and oxygen atoms in total. The Bertz CT molecular complexity index is 1350. The van der Waals surface area contributed by atoms with Gasteiger partial charge in [-0.25, -0.2) is 9.69 Å². The molecule has 4 aliphatic rings. The lowest BCUT2D eigenvalue weighted by Gasteiger charge is -2.55. The van der Waals surface area contributed by atoms with Gasteiger partial charge in [-0.05, 0) is 46.9 Å². The number of esters is 1. The number of hydrogen-bond donors (Lipinski definition) is 0. The van der Waals surface area contributed by atoms with Crippen molar-refractivity contribution in [2.24, 2.45) is 11.8 Å². The zero-order chi connectivity index (χ0) is 26.7. The molecule has 0 N–H and O–H groups in total. The van der Waals surface area contributed by atoms with Crippen LogP contribution in [0.2, 0.25) is 0 Å². The molecule has 1 heterocycles. The van der Waals surface area contributed by atoms with Crippen LogP contribution >= 0.6 is 31.9 Å². The van der Waals surface area contributed by atoms with Crippen LogP contribution in [0.4, 0.5) is 5.69 Å². The first kappa shape index (κ1) is 25.5. The van der Waals surface area contributed by atoms with Crippen molar-refractivity contribution in [1.82, 2.24) is 0 Å². The Kier molecular flexibility index (Phi) is 6.35. The molecule has 7 rings (SSSR count). The van der Waals surface area contributed by atoms with Gasteiger partial charge < -0.3 is 4.74 Å². The maximum atomic E-state index is 14.2. The Morgan fingerprint density at radius 1 is 0.789 bits per heavy atom. The molecule has 0 radical (unpaired) electrons. The number of ether oxygens (including phenoxy) is 1. The van der Waals surface area contributed by atoms with Crippen molar-refractivity contribution in [3.63, 3.8) is 0 Å². The molecule has 2 bridgehead atoms. The summed E-state index contributed by atoms with van der Waals surface area (Å²) in [6.45, 7) is 2.48. The molecule has 7 heteroatoms. The van der Waals surface area contributed by atoms with Crippen molar-refractivity contribution < 1.29 is 19.1 Å². The number of carbonyl (C=O) groups excluding carboxylic acids is 3. The number of imide groups is 1. The number of anilines is 1. The first-order valence-corrected chi connectivity index (χ1v) is 14.7. The van der Waals surface area contributed by atoms with Crippen LogP contribution in [0.15, 0.2) is 72.8 Å². The van der Waals surface area contributed by atoms with Gasteiger partial charge in [-0.3, -0.25) is 9.59 Å². The normalized spacial score (nSPS) is 26.7. The SMILES string of the molecule is CCCCCCOC(=O)c1cccc(N2C(=O)C3C(C2=O)C2(Br)c4ccccc4C3(Br)c3ccccc32)c1. The summed E-state index contributed by atoms with van der Waals surface area (Å²) in [6, 6.07) is 22.6. The smallest absolute Gasteiger partial charge is 0.338 e. The molecule has 3 aromatic carbocycles. The first-order chi connectivity index (χ1) is 18.3. The minimum Gasteiger partial charge on any atom is -0.462 e. The third-order valence-electron chi connectivity index (χ3n) is 8.16. The standard InChI is InChI=1S/C31H27Br2NO4/c1-2-3-4-9-17-38-29(37)19-11-10-12-20(18-19)34-27(35)25-26(28(34)36)31(33)22-14-6-5-13-21(22)30(25,32)23-15-7-8-16-24(23)31/h5-8,10-16,18,25-26H,2-4,9,17H2,1H3. The molecule has 2 atom stereocenters. The predicted octanol–water partition coefficient (Wildman–Crippen LogP) is 6.83. The summed E-state index contributed by atoms with van der Waals surface area (Å²) in [6.07, 6.45) is 4.04. The molecule has 1 aliphatic heterocycles. The van der Waals surface area contributed by atoms with Gasteiger partial charge in [-0.2, -0.15) is 0 Å². The molecule has 3 aliphatic carbocycles. The molecule has 3 aromatic rings. The van der Waals surface area contributed by atoms with Crippen LogP contribution in [-0.2, 0) is 23.0 Å². The largest absolute Gasteiger partial charge is 0.462 e. The van der Waals surface area contributed by atoms with Gasteiger partial charge in [-0.15, -0.1) is 0 Å². The van der Waals surface area contributed by atoms with Gasteiger partial charge >= 0.3 is 5.97 Å². The van der Waals surface area contributed by atoms with E-state index in [1.54, 1.807) is 24.3 Å². The number of halogens is 2. The number of hydrogen-bond acceptors (Lipinski definition) is 4. The molecule has 0 aromatic heterocycles. The first-order valence-electron chi connectivity index (χ1n) is 13.1. The van der Waals surface area contributed by atoms with Crippen molar-refractivity contribution in [3.8, 4) is 0 Å². The number of nitrogens with zero attached hydrogens (tertiary/aromatic N) is 1. The zero-order valence-electron chi connectivity index (χ0n) is 21.0. The van der Waals surface area contributed by atoms with Crippen LogP contribution in [0.1, 0.15) is 65.2 Å². The molecule has 194 valence electrons. The fourth-order valence-corrected chi connectivity index (χ4v) is 8.77. The zero-order valence-corrected chi connectivity index (χ0v) is 24.1. The summed E-state index contributed by atoms with van der Waals surface area (Å²) in [5, 5.41) is 0. The summed E-state index contributed by atoms with van der Waals surface area (Å²) < 4.78 is 3.76. The highest BCUT2D eigenvalue weighted by Crippen LogP contribution is 2.70. The Balaban J connectivity index is 1.39. The summed E-state index contributed by atoms with van der Waals surface area (Å²) in [5.74, 6) is -2.33. The second-order valence-electron chi connectivity index (χ2n) is 10.2. The summed E-state index contributed by atoms with van der Waals surface area (Å²) in [5.41, 5.74) is 4.65. The molecule has 0 spiro atoms. The van der Waals surface area contributed by atoms with E-state index in [4.69, 9.17) is 4.74 Å². The minimum atomic E-state index is -0.850. The van der Waals surface area contributed by atoms with E-state index in [0.29, 0.717) is 17.9 Å². The monoisotopic (exact) mass is 635 g/mol. The second kappa shape index (κ2) is 9.45. The van der Waals surface area contributed by atoms with Crippen molar-refractivity contribution in [2.45, 2.75) is 41.3 Å². The van der Waals surface area contributed by atoms with E-state index in [-0.39, 0.29) is 11.8 Å². The quantitative estimate of drug-likeness (QED) is 0.123. The Labute approximate surface area is 238 Å². The fourth-order valence-electron chi connectivity index (χ4n) is 6.47. The van der Waals surface area contributed by atoms with E-state index >= 15 is 0 Å². The molecular formula is C31H27Br2NO4. The minimum absolute atomic E-state index is 0.283. The van der Waals surface area contributed by atoms with Crippen LogP contribution in [0.5, 0.6) is 0 Å². The molecule has 1 fully saturated rings. The van der Waals surface area contributed by atoms with E-state index in [1.807, 2.05) is 48.5 Å². The maximum Gasteiger partial charge on any atom is 0.338 e. The average molecular weight is 637 g/mol. The Morgan fingerprint density at radius 3 is 1.82 bits per heavy atom. The van der Waals surface area contributed by atoms with Gasteiger partial charge in [0.2, 0.25) is 11.8 Å². The van der Waals surface area contributed by atoms with E-state index in [9.17, 15) is 14.4 Å². The van der Waals surface area contributed by atoms with Crippen LogP contribution in [0, 0.1) is 11.8 Å². The predicted molar refractivity (Wildman–Crippen MR) is 153 cm³/mol. The third kappa shape index (κ3) is 3.44. The van der Waals surface area contributed by atoms with Crippen molar-refractivity contribution in [3.05, 3.63) is 101 Å². The topological polar surface area (TPSA) is 63.7 Å². The fraction of sp³-hybridized carbons (Fsp3) is 0.323. The van der Waals surface area contributed by atoms with Gasteiger partial charge in [0.15, 0.2) is 0 Å². The highest BCUT2D eigenvalue weighted by molar-refractivity contribution is 9.10. The number of rotatable bonds is 7. The number of alkyl halides is 2. The lowest BCUT2D eigenvalue weighted by Crippen LogP contribution is -2.56. The van der Waals surface area contributed by atoms with Crippen molar-refractivity contribution in [1.29, 1.82) is 0 Å². The highest BCUT2D eigenvalue weighted by atomic mass is 79.9. The highest BCUT2D eigenvalue weighted by Gasteiger charge is 2.72. The molecule has 0 saturated carbocycles. The molecule has 2 amide bonds. The van der Waals surface area contributed by atoms with Crippen LogP contribution in [0.25, 0.3) is 0 Å². The van der Waals surface area contributed by atoms with Gasteiger partial charge in [0.05, 0.1) is 38.3 Å². The van der Waals surface area contributed by atoms with E-state index < -0.39 is 26.5 Å². The number of carbonyl (C=O) groups is 3. The Hall–Kier alpha value is -2.77. The van der Waals surface area contributed by atoms with Gasteiger partial charge in [0, 0.05) is 0 Å². The lowest BCUT2D eigenvalue weighted by molar-refractivity contribution is -0.122. The van der Waals surface area contributed by atoms with Crippen LogP contribution in [0.3, 0.4) is 0 Å². The maximum absolute atomic E-state index is 14.2. The third-order valence-corrected chi connectivity index (χ3v) is 10.9. The van der Waals surface area contributed by atoms with E-state index in [0.717, 1.165) is 47.9 Å². The second-order valence-corrected chi connectivity index (χ2v) is 12.7. The van der Waals surface area contributed by atoms with E-state index in [1.165, 1.54) is 4.90 Å².